The van der Waals surface area contributed by atoms with Gasteiger partial charge in [0.05, 0.1) is 0 Å². The van der Waals surface area contributed by atoms with Crippen molar-refractivity contribution in [2.75, 3.05) is 5.32 Å². The van der Waals surface area contributed by atoms with E-state index in [9.17, 15) is 8.78 Å². The van der Waals surface area contributed by atoms with Gasteiger partial charge in [-0.3, -0.25) is 4.98 Å². The predicted molar refractivity (Wildman–Crippen MR) is 79.1 cm³/mol. The first-order valence-corrected chi connectivity index (χ1v) is 6.69. The molecule has 0 bridgehead atoms. The molecule has 0 amide bonds. The van der Waals surface area contributed by atoms with E-state index in [0.717, 1.165) is 16.2 Å². The number of hydrogen-bond donors (Lipinski definition) is 1. The zero-order valence-corrected chi connectivity index (χ0v) is 11.8. The molecule has 0 saturated heterocycles. The summed E-state index contributed by atoms with van der Waals surface area (Å²) in [5.74, 6) is -1.29. The molecule has 3 rings (SSSR count). The molecule has 5 heteroatoms. The quantitative estimate of drug-likeness (QED) is 0.711. The fraction of sp³-hybridized carbons (Fsp3) is 0. The van der Waals surface area contributed by atoms with E-state index in [1.54, 1.807) is 6.07 Å². The van der Waals surface area contributed by atoms with E-state index in [0.29, 0.717) is 11.1 Å². The third-order valence-electron chi connectivity index (χ3n) is 2.87. The summed E-state index contributed by atoms with van der Waals surface area (Å²) in [6.45, 7) is 0. The number of anilines is 2. The average Bonchev–Trinajstić information content (AvgIpc) is 2.40. The third kappa shape index (κ3) is 2.49. The molecule has 0 aliphatic carbocycles. The summed E-state index contributed by atoms with van der Waals surface area (Å²) >= 11 is 3.38. The van der Waals surface area contributed by atoms with Gasteiger partial charge in [0.2, 0.25) is 0 Å². The largest absolute Gasteiger partial charge is 0.355 e. The molecule has 0 saturated carbocycles. The van der Waals surface area contributed by atoms with Gasteiger partial charge in [-0.25, -0.2) is 8.78 Å². The fourth-order valence-corrected chi connectivity index (χ4v) is 2.41. The van der Waals surface area contributed by atoms with Crippen LogP contribution >= 0.6 is 15.9 Å². The summed E-state index contributed by atoms with van der Waals surface area (Å²) in [4.78, 5) is 3.95. The maximum absolute atomic E-state index is 13.7. The van der Waals surface area contributed by atoms with E-state index in [-0.39, 0.29) is 5.52 Å². The normalized spacial score (nSPS) is 10.8. The van der Waals surface area contributed by atoms with Crippen LogP contribution in [0.2, 0.25) is 0 Å². The highest BCUT2D eigenvalue weighted by Gasteiger charge is 2.09. The van der Waals surface area contributed by atoms with Crippen molar-refractivity contribution in [2.45, 2.75) is 0 Å². The van der Waals surface area contributed by atoms with Crippen molar-refractivity contribution in [1.29, 1.82) is 0 Å². The van der Waals surface area contributed by atoms with E-state index in [2.05, 4.69) is 26.2 Å². The van der Waals surface area contributed by atoms with Crippen LogP contribution in [0.5, 0.6) is 0 Å². The maximum atomic E-state index is 13.7. The standard InChI is InChI=1S/C15H9BrF2N2/c16-9-2-1-3-11(6-9)20-14-4-5-19-15-12(14)7-10(17)8-13(15)18/h1-8H,(H,19,20). The van der Waals surface area contributed by atoms with E-state index < -0.39 is 11.6 Å². The number of benzene rings is 2. The molecule has 0 spiro atoms. The lowest BCUT2D eigenvalue weighted by Crippen LogP contribution is -1.95. The molecule has 3 aromatic rings. The Hall–Kier alpha value is -2.01. The van der Waals surface area contributed by atoms with Gasteiger partial charge in [0.25, 0.3) is 0 Å². The van der Waals surface area contributed by atoms with Crippen LogP contribution in [0.1, 0.15) is 0 Å². The molecule has 1 N–H and O–H groups in total. The van der Waals surface area contributed by atoms with Crippen LogP contribution in [-0.4, -0.2) is 4.98 Å². The summed E-state index contributed by atoms with van der Waals surface area (Å²) < 4.78 is 28.0. The molecule has 100 valence electrons. The van der Waals surface area contributed by atoms with E-state index in [1.165, 1.54) is 12.3 Å². The number of rotatable bonds is 2. The number of hydrogen-bond acceptors (Lipinski definition) is 2. The van der Waals surface area contributed by atoms with Crippen molar-refractivity contribution in [3.63, 3.8) is 0 Å². The molecule has 20 heavy (non-hydrogen) atoms. The predicted octanol–water partition coefficient (Wildman–Crippen LogP) is 5.02. The van der Waals surface area contributed by atoms with E-state index in [1.807, 2.05) is 24.3 Å². The molecule has 0 radical (unpaired) electrons. The number of halogens is 3. The number of nitrogens with zero attached hydrogens (tertiary/aromatic N) is 1. The van der Waals surface area contributed by atoms with Gasteiger partial charge in [0.15, 0.2) is 5.82 Å². The van der Waals surface area contributed by atoms with Crippen molar-refractivity contribution < 1.29 is 8.78 Å². The zero-order valence-electron chi connectivity index (χ0n) is 10.2. The minimum atomic E-state index is -0.669. The fourth-order valence-electron chi connectivity index (χ4n) is 2.01. The molecule has 0 unspecified atom stereocenters. The average molecular weight is 335 g/mol. The maximum Gasteiger partial charge on any atom is 0.152 e. The van der Waals surface area contributed by atoms with Crippen LogP contribution in [0.3, 0.4) is 0 Å². The van der Waals surface area contributed by atoms with Crippen molar-refractivity contribution in [1.82, 2.24) is 4.98 Å². The van der Waals surface area contributed by atoms with Gasteiger partial charge in [0.1, 0.15) is 11.3 Å². The molecule has 2 aromatic carbocycles. The van der Waals surface area contributed by atoms with Gasteiger partial charge >= 0.3 is 0 Å². The summed E-state index contributed by atoms with van der Waals surface area (Å²) in [5, 5.41) is 3.55. The molecular weight excluding hydrogens is 326 g/mol. The van der Waals surface area contributed by atoms with Gasteiger partial charge in [-0.15, -0.1) is 0 Å². The van der Waals surface area contributed by atoms with Crippen LogP contribution in [0.25, 0.3) is 10.9 Å². The smallest absolute Gasteiger partial charge is 0.152 e. The second-order valence-corrected chi connectivity index (χ2v) is 5.19. The van der Waals surface area contributed by atoms with Crippen molar-refractivity contribution in [3.05, 3.63) is 64.8 Å². The number of fused-ring (bicyclic) bond motifs is 1. The lowest BCUT2D eigenvalue weighted by atomic mass is 10.1. The van der Waals surface area contributed by atoms with Gasteiger partial charge in [0, 0.05) is 33.5 Å². The van der Waals surface area contributed by atoms with Crippen LogP contribution in [0, 0.1) is 11.6 Å². The molecule has 2 nitrogen and oxygen atoms in total. The zero-order chi connectivity index (χ0) is 14.1. The number of pyridine rings is 1. The van der Waals surface area contributed by atoms with Crippen molar-refractivity contribution in [2.24, 2.45) is 0 Å². The third-order valence-corrected chi connectivity index (χ3v) is 3.36. The Morgan fingerprint density at radius 1 is 1.05 bits per heavy atom. The van der Waals surface area contributed by atoms with Gasteiger partial charge in [-0.05, 0) is 30.3 Å². The van der Waals surface area contributed by atoms with Gasteiger partial charge in [-0.2, -0.15) is 0 Å². The number of aromatic nitrogens is 1. The Kier molecular flexibility index (Phi) is 3.36. The van der Waals surface area contributed by atoms with E-state index >= 15 is 0 Å². The Bertz CT molecular complexity index is 790. The Morgan fingerprint density at radius 2 is 1.90 bits per heavy atom. The monoisotopic (exact) mass is 334 g/mol. The molecule has 1 heterocycles. The van der Waals surface area contributed by atoms with E-state index in [4.69, 9.17) is 0 Å². The minimum absolute atomic E-state index is 0.145. The molecular formula is C15H9BrF2N2. The minimum Gasteiger partial charge on any atom is -0.355 e. The first kappa shape index (κ1) is 13.0. The molecule has 0 aliphatic rings. The summed E-state index contributed by atoms with van der Waals surface area (Å²) in [6, 6.07) is 11.3. The van der Waals surface area contributed by atoms with Crippen molar-refractivity contribution >= 4 is 38.2 Å². The highest BCUT2D eigenvalue weighted by Crippen LogP contribution is 2.28. The second-order valence-electron chi connectivity index (χ2n) is 4.28. The molecule has 0 aliphatic heterocycles. The topological polar surface area (TPSA) is 24.9 Å². The number of nitrogens with one attached hydrogen (secondary N) is 1. The van der Waals surface area contributed by atoms with Gasteiger partial charge in [-0.1, -0.05) is 22.0 Å². The Balaban J connectivity index is 2.12. The molecule has 0 fully saturated rings. The van der Waals surface area contributed by atoms with Gasteiger partial charge < -0.3 is 5.32 Å². The van der Waals surface area contributed by atoms with Crippen LogP contribution < -0.4 is 5.32 Å². The summed E-state index contributed by atoms with van der Waals surface area (Å²) in [5.41, 5.74) is 1.56. The SMILES string of the molecule is Fc1cc(F)c2nccc(Nc3cccc(Br)c3)c2c1. The van der Waals surface area contributed by atoms with Crippen LogP contribution in [0.15, 0.2) is 53.1 Å². The lowest BCUT2D eigenvalue weighted by Gasteiger charge is -2.10. The highest BCUT2D eigenvalue weighted by molar-refractivity contribution is 9.10. The first-order chi connectivity index (χ1) is 9.63. The second kappa shape index (κ2) is 5.17. The summed E-state index contributed by atoms with van der Waals surface area (Å²) in [6.07, 6.45) is 1.49. The Labute approximate surface area is 122 Å². The van der Waals surface area contributed by atoms with Crippen LogP contribution in [0.4, 0.5) is 20.2 Å². The first-order valence-electron chi connectivity index (χ1n) is 5.90. The molecule has 0 atom stereocenters. The molecule has 1 aromatic heterocycles. The summed E-state index contributed by atoms with van der Waals surface area (Å²) in [7, 11) is 0. The van der Waals surface area contributed by atoms with Crippen molar-refractivity contribution in [3.8, 4) is 0 Å². The van der Waals surface area contributed by atoms with Crippen LogP contribution in [-0.2, 0) is 0 Å². The highest BCUT2D eigenvalue weighted by atomic mass is 79.9. The lowest BCUT2D eigenvalue weighted by molar-refractivity contribution is 0.590. The Morgan fingerprint density at radius 3 is 2.70 bits per heavy atom.